The maximum Gasteiger partial charge on any atom is 0.335 e. The average Bonchev–Trinajstić information content (AvgIpc) is 2.38. The third-order valence-corrected chi connectivity index (χ3v) is 4.34. The lowest BCUT2D eigenvalue weighted by atomic mass is 10.2. The summed E-state index contributed by atoms with van der Waals surface area (Å²) in [6.45, 7) is 2.38. The monoisotopic (exact) mass is 304 g/mol. The Morgan fingerprint density at radius 2 is 2.05 bits per heavy atom. The maximum atomic E-state index is 13.5. The maximum absolute atomic E-state index is 13.5. The second kappa shape index (κ2) is 7.35. The van der Waals surface area contributed by atoms with Crippen LogP contribution in [0.25, 0.3) is 0 Å². The van der Waals surface area contributed by atoms with Gasteiger partial charge in [-0.2, -0.15) is 0 Å². The Hall–Kier alpha value is -1.47. The van der Waals surface area contributed by atoms with Crippen LogP contribution in [0.2, 0.25) is 0 Å². The van der Waals surface area contributed by atoms with Gasteiger partial charge in [0.15, 0.2) is 9.84 Å². The van der Waals surface area contributed by atoms with E-state index in [1.54, 1.807) is 0 Å². The molecule has 0 bridgehead atoms. The van der Waals surface area contributed by atoms with Gasteiger partial charge in [0.1, 0.15) is 10.7 Å². The minimum atomic E-state index is -3.90. The summed E-state index contributed by atoms with van der Waals surface area (Å²) in [4.78, 5) is 10.2. The van der Waals surface area contributed by atoms with Crippen LogP contribution in [-0.2, 0) is 14.6 Å². The Morgan fingerprint density at radius 1 is 1.35 bits per heavy atom. The molecule has 0 spiro atoms. The van der Waals surface area contributed by atoms with Crippen LogP contribution in [0.4, 0.5) is 4.39 Å². The molecule has 0 saturated heterocycles. The van der Waals surface area contributed by atoms with Gasteiger partial charge in [-0.15, -0.1) is 0 Å². The van der Waals surface area contributed by atoms with Crippen LogP contribution in [0, 0.1) is 5.82 Å². The predicted molar refractivity (Wildman–Crippen MR) is 71.1 cm³/mol. The van der Waals surface area contributed by atoms with Gasteiger partial charge in [-0.3, -0.25) is 0 Å². The first-order chi connectivity index (χ1) is 9.38. The summed E-state index contributed by atoms with van der Waals surface area (Å²) in [6.07, 6.45) is 1.75. The molecule has 0 saturated carbocycles. The molecule has 0 atom stereocenters. The molecule has 1 rings (SSSR count). The second-order valence-electron chi connectivity index (χ2n) is 4.24. The summed E-state index contributed by atoms with van der Waals surface area (Å²) in [6, 6.07) is 2.70. The van der Waals surface area contributed by atoms with E-state index < -0.39 is 26.5 Å². The van der Waals surface area contributed by atoms with E-state index in [0.29, 0.717) is 6.61 Å². The number of carboxylic acid groups (broad SMARTS) is 1. The van der Waals surface area contributed by atoms with E-state index in [1.807, 2.05) is 6.92 Å². The van der Waals surface area contributed by atoms with Gasteiger partial charge in [0.25, 0.3) is 0 Å². The molecule has 0 heterocycles. The molecule has 0 unspecified atom stereocenters. The van der Waals surface area contributed by atoms with E-state index in [4.69, 9.17) is 9.84 Å². The van der Waals surface area contributed by atoms with E-state index in [1.165, 1.54) is 0 Å². The van der Waals surface area contributed by atoms with E-state index >= 15 is 0 Å². The number of aromatic carboxylic acids is 1. The molecule has 0 fully saturated rings. The number of rotatable bonds is 8. The molecule has 0 aromatic heterocycles. The number of benzene rings is 1. The van der Waals surface area contributed by atoms with Crippen LogP contribution >= 0.6 is 0 Å². The number of carbonyl (C=O) groups is 1. The van der Waals surface area contributed by atoms with Crippen molar-refractivity contribution in [2.45, 2.75) is 24.7 Å². The molecule has 0 aliphatic carbocycles. The lowest BCUT2D eigenvalue weighted by molar-refractivity contribution is 0.0696. The largest absolute Gasteiger partial charge is 0.478 e. The Kier molecular flexibility index (Phi) is 6.09. The molecule has 0 radical (unpaired) electrons. The molecule has 1 N–H and O–H groups in total. The molecular formula is C13H17FO5S. The highest BCUT2D eigenvalue weighted by molar-refractivity contribution is 7.91. The van der Waals surface area contributed by atoms with E-state index in [2.05, 4.69) is 0 Å². The number of sulfone groups is 1. The van der Waals surface area contributed by atoms with Crippen molar-refractivity contribution in [1.82, 2.24) is 0 Å². The summed E-state index contributed by atoms with van der Waals surface area (Å²) in [5.41, 5.74) is -0.267. The van der Waals surface area contributed by atoms with Gasteiger partial charge >= 0.3 is 5.97 Å². The molecule has 112 valence electrons. The van der Waals surface area contributed by atoms with Gasteiger partial charge in [0.05, 0.1) is 17.9 Å². The van der Waals surface area contributed by atoms with Crippen LogP contribution in [0.1, 0.15) is 30.1 Å². The molecular weight excluding hydrogens is 287 g/mol. The Bertz CT molecular complexity index is 568. The smallest absolute Gasteiger partial charge is 0.335 e. The number of carboxylic acids is 1. The van der Waals surface area contributed by atoms with E-state index in [9.17, 15) is 17.6 Å². The summed E-state index contributed by atoms with van der Waals surface area (Å²) < 4.78 is 42.6. The lowest BCUT2D eigenvalue weighted by Gasteiger charge is -2.07. The van der Waals surface area contributed by atoms with Gasteiger partial charge < -0.3 is 9.84 Å². The van der Waals surface area contributed by atoms with Crippen molar-refractivity contribution in [1.29, 1.82) is 0 Å². The molecule has 0 aliphatic rings. The first kappa shape index (κ1) is 16.6. The van der Waals surface area contributed by atoms with Crippen LogP contribution in [-0.4, -0.2) is 38.5 Å². The van der Waals surface area contributed by atoms with E-state index in [0.717, 1.165) is 31.0 Å². The topological polar surface area (TPSA) is 80.7 Å². The van der Waals surface area contributed by atoms with Gasteiger partial charge in [-0.25, -0.2) is 17.6 Å². The SMILES string of the molecule is CCCCOCCS(=O)(=O)c1cc(C(=O)O)ccc1F. The highest BCUT2D eigenvalue weighted by Crippen LogP contribution is 2.18. The molecule has 5 nitrogen and oxygen atoms in total. The second-order valence-corrected chi connectivity index (χ2v) is 6.31. The predicted octanol–water partition coefficient (Wildman–Crippen LogP) is 2.11. The third kappa shape index (κ3) is 4.57. The summed E-state index contributed by atoms with van der Waals surface area (Å²) in [5, 5.41) is 8.80. The molecule has 1 aromatic rings. The van der Waals surface area contributed by atoms with Crippen LogP contribution in [0.5, 0.6) is 0 Å². The normalized spacial score (nSPS) is 11.5. The summed E-state index contributed by atoms with van der Waals surface area (Å²) >= 11 is 0. The molecule has 20 heavy (non-hydrogen) atoms. The molecule has 0 aliphatic heterocycles. The third-order valence-electron chi connectivity index (χ3n) is 2.65. The van der Waals surface area contributed by atoms with Crippen molar-refractivity contribution in [3.8, 4) is 0 Å². The summed E-state index contributed by atoms with van der Waals surface area (Å²) in [5.74, 6) is -2.64. The zero-order valence-corrected chi connectivity index (χ0v) is 12.0. The fourth-order valence-electron chi connectivity index (χ4n) is 1.50. The van der Waals surface area contributed by atoms with Gasteiger partial charge in [0.2, 0.25) is 0 Å². The van der Waals surface area contributed by atoms with Crippen molar-refractivity contribution in [3.63, 3.8) is 0 Å². The highest BCUT2D eigenvalue weighted by Gasteiger charge is 2.21. The highest BCUT2D eigenvalue weighted by atomic mass is 32.2. The zero-order valence-electron chi connectivity index (χ0n) is 11.1. The van der Waals surface area contributed by atoms with Crippen LogP contribution < -0.4 is 0 Å². The number of halogens is 1. The van der Waals surface area contributed by atoms with Crippen LogP contribution in [0.15, 0.2) is 23.1 Å². The fraction of sp³-hybridized carbons (Fsp3) is 0.462. The van der Waals surface area contributed by atoms with Gasteiger partial charge in [-0.1, -0.05) is 13.3 Å². The van der Waals surface area contributed by atoms with Crippen molar-refractivity contribution in [3.05, 3.63) is 29.6 Å². The Morgan fingerprint density at radius 3 is 2.65 bits per heavy atom. The minimum absolute atomic E-state index is 0.0426. The zero-order chi connectivity index (χ0) is 15.2. The first-order valence-electron chi connectivity index (χ1n) is 6.22. The number of hydrogen-bond acceptors (Lipinski definition) is 4. The lowest BCUT2D eigenvalue weighted by Crippen LogP contribution is -2.15. The summed E-state index contributed by atoms with van der Waals surface area (Å²) in [7, 11) is -3.90. The molecule has 7 heteroatoms. The number of ether oxygens (including phenoxy) is 1. The van der Waals surface area contributed by atoms with Crippen LogP contribution in [0.3, 0.4) is 0 Å². The molecule has 0 amide bonds. The van der Waals surface area contributed by atoms with E-state index in [-0.39, 0.29) is 17.9 Å². The first-order valence-corrected chi connectivity index (χ1v) is 7.87. The average molecular weight is 304 g/mol. The van der Waals surface area contributed by atoms with Gasteiger partial charge in [-0.05, 0) is 24.6 Å². The Balaban J connectivity index is 2.81. The number of hydrogen-bond donors (Lipinski definition) is 1. The fourth-order valence-corrected chi connectivity index (χ4v) is 2.73. The standard InChI is InChI=1S/C13H17FO5S/c1-2-3-6-19-7-8-20(17,18)12-9-10(13(15)16)4-5-11(12)14/h4-5,9H,2-3,6-8H2,1H3,(H,15,16). The number of unbranched alkanes of at least 4 members (excludes halogenated alkanes) is 1. The minimum Gasteiger partial charge on any atom is -0.478 e. The molecule has 1 aromatic carbocycles. The van der Waals surface area contributed by atoms with Crippen molar-refractivity contribution in [2.75, 3.05) is 19.0 Å². The Labute approximate surface area is 117 Å². The van der Waals surface area contributed by atoms with Crippen molar-refractivity contribution < 1.29 is 27.4 Å². The van der Waals surface area contributed by atoms with Gasteiger partial charge in [0, 0.05) is 6.61 Å². The quantitative estimate of drug-likeness (QED) is 0.744. The van der Waals surface area contributed by atoms with Crippen molar-refractivity contribution in [2.24, 2.45) is 0 Å². The van der Waals surface area contributed by atoms with Crippen molar-refractivity contribution >= 4 is 15.8 Å².